The molecule has 0 saturated heterocycles. The van der Waals surface area contributed by atoms with Crippen molar-refractivity contribution in [3.63, 3.8) is 0 Å². The molecule has 0 saturated carbocycles. The number of aryl methyl sites for hydroxylation is 2. The van der Waals surface area contributed by atoms with Gasteiger partial charge in [0.2, 0.25) is 0 Å². The zero-order valence-electron chi connectivity index (χ0n) is 16.0. The van der Waals surface area contributed by atoms with Crippen LogP contribution >= 0.6 is 0 Å². The summed E-state index contributed by atoms with van der Waals surface area (Å²) in [6.07, 6.45) is 3.26. The van der Waals surface area contributed by atoms with Crippen molar-refractivity contribution in [1.82, 2.24) is 20.0 Å². The third-order valence-electron chi connectivity index (χ3n) is 4.30. The van der Waals surface area contributed by atoms with Gasteiger partial charge >= 0.3 is 6.03 Å². The van der Waals surface area contributed by atoms with Gasteiger partial charge in [-0.15, -0.1) is 0 Å². The van der Waals surface area contributed by atoms with Gasteiger partial charge in [-0.25, -0.2) is 4.79 Å². The number of rotatable bonds is 6. The lowest BCUT2D eigenvalue weighted by Gasteiger charge is -2.16. The van der Waals surface area contributed by atoms with E-state index in [0.717, 1.165) is 33.1 Å². The Kier molecular flexibility index (Phi) is 5.64. The predicted octanol–water partition coefficient (Wildman–Crippen LogP) is 2.05. The van der Waals surface area contributed by atoms with Crippen LogP contribution in [0.4, 0.5) is 10.5 Å². The number of carbonyl (C=O) groups is 1. The zero-order chi connectivity index (χ0) is 20.1. The summed E-state index contributed by atoms with van der Waals surface area (Å²) in [5.41, 5.74) is 9.48. The molecule has 2 aromatic carbocycles. The monoisotopic (exact) mass is 380 g/mol. The normalized spacial score (nSPS) is 10.4. The molecule has 144 valence electrons. The van der Waals surface area contributed by atoms with Gasteiger partial charge in [-0.05, 0) is 49.2 Å². The van der Waals surface area contributed by atoms with Crippen LogP contribution in [-0.4, -0.2) is 33.1 Å². The Hall–Kier alpha value is -3.75. The Morgan fingerprint density at radius 3 is 2.64 bits per heavy atom. The highest BCUT2D eigenvalue weighted by molar-refractivity contribution is 5.89. The predicted molar refractivity (Wildman–Crippen MR) is 103 cm³/mol. The summed E-state index contributed by atoms with van der Waals surface area (Å²) in [5.74, 6) is 0.741. The Labute approximate surface area is 162 Å². The van der Waals surface area contributed by atoms with E-state index in [2.05, 4.69) is 20.7 Å². The smallest absolute Gasteiger partial charge is 0.433 e. The third kappa shape index (κ3) is 4.14. The number of anilines is 1. The quantitative estimate of drug-likeness (QED) is 0.504. The summed E-state index contributed by atoms with van der Waals surface area (Å²) >= 11 is 0. The van der Waals surface area contributed by atoms with Crippen LogP contribution in [-0.2, 0) is 6.61 Å². The van der Waals surface area contributed by atoms with Gasteiger partial charge in [-0.3, -0.25) is 5.32 Å². The van der Waals surface area contributed by atoms with Gasteiger partial charge in [0.15, 0.2) is 0 Å². The molecule has 0 aliphatic rings. The molecule has 0 fully saturated rings. The Morgan fingerprint density at radius 1 is 1.21 bits per heavy atom. The highest BCUT2D eigenvalue weighted by Gasteiger charge is 2.17. The van der Waals surface area contributed by atoms with Crippen LogP contribution in [0.5, 0.6) is 5.75 Å². The zero-order valence-corrected chi connectivity index (χ0v) is 16.0. The van der Waals surface area contributed by atoms with E-state index in [9.17, 15) is 4.79 Å². The molecule has 9 heteroatoms. The Bertz CT molecular complexity index is 986. The van der Waals surface area contributed by atoms with E-state index in [0.29, 0.717) is 12.3 Å². The SMILES string of the molecule is Cc1cc(-n2nccn2)ccc1OCc1c(C)cccc1NC(=O)N(C)N=[NH2+]. The molecule has 28 heavy (non-hydrogen) atoms. The highest BCUT2D eigenvalue weighted by Crippen LogP contribution is 2.25. The van der Waals surface area contributed by atoms with E-state index >= 15 is 0 Å². The van der Waals surface area contributed by atoms with E-state index in [1.807, 2.05) is 50.2 Å². The van der Waals surface area contributed by atoms with Crippen LogP contribution in [0.2, 0.25) is 0 Å². The van der Waals surface area contributed by atoms with Crippen molar-refractivity contribution in [3.05, 3.63) is 65.5 Å². The summed E-state index contributed by atoms with van der Waals surface area (Å²) in [5, 5.41) is 15.4. The van der Waals surface area contributed by atoms with Gasteiger partial charge in [0.25, 0.3) is 0 Å². The Balaban J connectivity index is 1.77. The topological polar surface area (TPSA) is 110 Å². The number of urea groups is 1. The second-order valence-electron chi connectivity index (χ2n) is 6.23. The molecule has 0 atom stereocenters. The molecule has 0 spiro atoms. The number of carbonyl (C=O) groups excluding carboxylic acids is 1. The van der Waals surface area contributed by atoms with Gasteiger partial charge in [-0.1, -0.05) is 17.1 Å². The molecule has 2 amide bonds. The second-order valence-corrected chi connectivity index (χ2v) is 6.23. The molecule has 1 aromatic heterocycles. The molecule has 0 aliphatic carbocycles. The molecule has 0 radical (unpaired) electrons. The van der Waals surface area contributed by atoms with E-state index in [1.165, 1.54) is 7.05 Å². The average Bonchev–Trinajstić information content (AvgIpc) is 3.22. The molecule has 0 aliphatic heterocycles. The largest absolute Gasteiger partial charge is 0.489 e. The summed E-state index contributed by atoms with van der Waals surface area (Å²) in [6.45, 7) is 4.22. The molecule has 9 nitrogen and oxygen atoms in total. The average molecular weight is 380 g/mol. The van der Waals surface area contributed by atoms with Gasteiger partial charge < -0.3 is 4.74 Å². The number of benzene rings is 2. The van der Waals surface area contributed by atoms with Gasteiger partial charge in [0.1, 0.15) is 19.4 Å². The van der Waals surface area contributed by atoms with Gasteiger partial charge in [0.05, 0.1) is 29.0 Å². The molecule has 3 rings (SSSR count). The molecule has 0 unspecified atom stereocenters. The summed E-state index contributed by atoms with van der Waals surface area (Å²) < 4.78 is 6.02. The van der Waals surface area contributed by atoms with Gasteiger partial charge in [-0.2, -0.15) is 20.5 Å². The molecule has 1 heterocycles. The van der Waals surface area contributed by atoms with Crippen LogP contribution in [0, 0.1) is 13.8 Å². The summed E-state index contributed by atoms with van der Waals surface area (Å²) in [4.78, 5) is 13.6. The van der Waals surface area contributed by atoms with Crippen molar-refractivity contribution in [1.29, 1.82) is 0 Å². The molecular formula is C19H22N7O2+. The van der Waals surface area contributed by atoms with Crippen molar-refractivity contribution in [2.24, 2.45) is 5.22 Å². The molecule has 3 N–H and O–H groups in total. The van der Waals surface area contributed by atoms with Crippen molar-refractivity contribution >= 4 is 11.7 Å². The van der Waals surface area contributed by atoms with E-state index in [-0.39, 0.29) is 0 Å². The van der Waals surface area contributed by atoms with Crippen LogP contribution in [0.3, 0.4) is 0 Å². The van der Waals surface area contributed by atoms with Crippen LogP contribution in [0.15, 0.2) is 54.0 Å². The second kappa shape index (κ2) is 8.30. The molecular weight excluding hydrogens is 358 g/mol. The number of nitrogens with zero attached hydrogens (tertiary/aromatic N) is 5. The minimum absolute atomic E-state index is 0.298. The molecule has 0 bridgehead atoms. The number of amides is 2. The van der Waals surface area contributed by atoms with E-state index in [1.54, 1.807) is 17.2 Å². The third-order valence-corrected chi connectivity index (χ3v) is 4.30. The van der Waals surface area contributed by atoms with Crippen molar-refractivity contribution in [2.45, 2.75) is 20.5 Å². The van der Waals surface area contributed by atoms with Crippen LogP contribution in [0.25, 0.3) is 5.69 Å². The van der Waals surface area contributed by atoms with Crippen LogP contribution < -0.4 is 15.6 Å². The summed E-state index contributed by atoms with van der Waals surface area (Å²) in [7, 11) is 1.47. The van der Waals surface area contributed by atoms with E-state index in [4.69, 9.17) is 10.3 Å². The maximum atomic E-state index is 12.1. The maximum absolute atomic E-state index is 12.1. The number of hydrogen-bond donors (Lipinski definition) is 2. The minimum Gasteiger partial charge on any atom is -0.489 e. The van der Waals surface area contributed by atoms with Crippen molar-refractivity contribution < 1.29 is 15.1 Å². The fraction of sp³-hybridized carbons (Fsp3) is 0.211. The summed E-state index contributed by atoms with van der Waals surface area (Å²) in [6, 6.07) is 10.9. The number of hydrogen-bond acceptors (Lipinski definition) is 5. The van der Waals surface area contributed by atoms with Gasteiger partial charge in [0, 0.05) is 5.56 Å². The first kappa shape index (κ1) is 19.0. The standard InChI is InChI=1S/C19H21N7O2/c1-13-5-4-6-17(23-19(27)25(3)24-20)16(13)12-28-18-8-7-15(11-14(18)2)26-21-9-10-22-26/h4-11,20H,12H2,1-3H3,(H,23,27)/p+1. The lowest BCUT2D eigenvalue weighted by atomic mass is 10.1. The van der Waals surface area contributed by atoms with Crippen LogP contribution in [0.1, 0.15) is 16.7 Å². The minimum atomic E-state index is -0.429. The van der Waals surface area contributed by atoms with Crippen molar-refractivity contribution in [2.75, 3.05) is 12.4 Å². The first-order chi connectivity index (χ1) is 13.5. The molecule has 3 aromatic rings. The first-order valence-electron chi connectivity index (χ1n) is 8.63. The number of nitrogens with one attached hydrogen (secondary N) is 1. The lowest BCUT2D eigenvalue weighted by Crippen LogP contribution is -2.37. The number of aromatic nitrogens is 3. The number of ether oxygens (including phenoxy) is 1. The maximum Gasteiger partial charge on any atom is 0.433 e. The van der Waals surface area contributed by atoms with Crippen molar-refractivity contribution in [3.8, 4) is 11.4 Å². The van der Waals surface area contributed by atoms with E-state index < -0.39 is 6.03 Å². The fourth-order valence-electron chi connectivity index (χ4n) is 2.68. The Morgan fingerprint density at radius 2 is 1.96 bits per heavy atom. The highest BCUT2D eigenvalue weighted by atomic mass is 16.5. The fourth-order valence-corrected chi connectivity index (χ4v) is 2.68. The lowest BCUT2D eigenvalue weighted by molar-refractivity contribution is -0.248. The first-order valence-corrected chi connectivity index (χ1v) is 8.63. The number of nitrogens with two attached hydrogens (primary N) is 1.